The molecule has 0 bridgehead atoms. The van der Waals surface area contributed by atoms with Crippen LogP contribution in [0, 0.1) is 0 Å². The highest BCUT2D eigenvalue weighted by atomic mass is 79.9. The Kier molecular flexibility index (Phi) is 12.2. The molecule has 1 fully saturated rings. The number of hydrogen-bond donors (Lipinski definition) is 0. The summed E-state index contributed by atoms with van der Waals surface area (Å²) in [6, 6.07) is 48.1. The van der Waals surface area contributed by atoms with E-state index in [0.29, 0.717) is 32.2 Å². The molecule has 7 heteroatoms. The summed E-state index contributed by atoms with van der Waals surface area (Å²) in [5.41, 5.74) is 4.21. The molecule has 6 nitrogen and oxygen atoms in total. The fourth-order valence-electron chi connectivity index (χ4n) is 5.49. The summed E-state index contributed by atoms with van der Waals surface area (Å²) < 4.78 is 40.7. The summed E-state index contributed by atoms with van der Waals surface area (Å²) in [6.45, 7) is 1.79. The van der Waals surface area contributed by atoms with Crippen molar-refractivity contribution in [2.45, 2.75) is 57.1 Å². The summed E-state index contributed by atoms with van der Waals surface area (Å²) in [6.07, 6.45) is -3.03. The molecule has 0 amide bonds. The Morgan fingerprint density at radius 3 is 1.38 bits per heavy atom. The molecule has 5 atom stereocenters. The fourth-order valence-corrected chi connectivity index (χ4v) is 5.75. The van der Waals surface area contributed by atoms with Gasteiger partial charge in [0.25, 0.3) is 0 Å². The van der Waals surface area contributed by atoms with Gasteiger partial charge in [0, 0.05) is 4.47 Å². The largest absolute Gasteiger partial charge is 0.462 e. The van der Waals surface area contributed by atoms with Gasteiger partial charge >= 0.3 is 0 Å². The molecule has 1 saturated heterocycles. The molecular formula is C40H39BrO6. The van der Waals surface area contributed by atoms with Gasteiger partial charge in [0.1, 0.15) is 30.2 Å². The van der Waals surface area contributed by atoms with Crippen LogP contribution < -0.4 is 4.74 Å². The highest BCUT2D eigenvalue weighted by Gasteiger charge is 2.49. The first-order valence-corrected chi connectivity index (χ1v) is 16.7. The van der Waals surface area contributed by atoms with Crippen molar-refractivity contribution >= 4 is 15.9 Å². The lowest BCUT2D eigenvalue weighted by atomic mass is 9.97. The van der Waals surface area contributed by atoms with Gasteiger partial charge in [-0.05, 0) is 46.5 Å². The van der Waals surface area contributed by atoms with Gasteiger partial charge in [-0.3, -0.25) is 0 Å². The predicted octanol–water partition coefficient (Wildman–Crippen LogP) is 8.53. The van der Waals surface area contributed by atoms with Crippen LogP contribution in [0.15, 0.2) is 150 Å². The summed E-state index contributed by atoms with van der Waals surface area (Å²) in [7, 11) is 0. The number of hydrogen-bond acceptors (Lipinski definition) is 6. The highest BCUT2D eigenvalue weighted by Crippen LogP contribution is 2.33. The highest BCUT2D eigenvalue weighted by molar-refractivity contribution is 9.10. The second-order valence-electron chi connectivity index (χ2n) is 11.4. The van der Waals surface area contributed by atoms with Crippen molar-refractivity contribution in [1.29, 1.82) is 0 Å². The molecule has 0 N–H and O–H groups in total. The normalized spacial score (nSPS) is 20.9. The summed E-state index contributed by atoms with van der Waals surface area (Å²) in [5.74, 6) is 0.654. The van der Waals surface area contributed by atoms with E-state index in [2.05, 4.69) is 28.1 Å². The van der Waals surface area contributed by atoms with Crippen molar-refractivity contribution < 1.29 is 28.4 Å². The van der Waals surface area contributed by atoms with Gasteiger partial charge in [0.05, 0.1) is 33.0 Å². The Morgan fingerprint density at radius 1 is 0.468 bits per heavy atom. The van der Waals surface area contributed by atoms with Crippen LogP contribution in [0.1, 0.15) is 22.3 Å². The van der Waals surface area contributed by atoms with E-state index >= 15 is 0 Å². The topological polar surface area (TPSA) is 55.4 Å². The zero-order valence-corrected chi connectivity index (χ0v) is 27.7. The van der Waals surface area contributed by atoms with E-state index in [1.807, 2.05) is 133 Å². The van der Waals surface area contributed by atoms with Gasteiger partial charge in [-0.25, -0.2) is 0 Å². The molecule has 0 unspecified atom stereocenters. The molecule has 1 aliphatic heterocycles. The standard InChI is InChI=1S/C40H39BrO6/c41-34-21-23-35(24-22-34)46-40-39(45-28-33-19-11-4-12-20-33)38(44-27-32-17-9-3-10-18-32)37(43-26-31-15-7-2-8-16-31)36(47-40)29-42-25-30-13-5-1-6-14-30/h1-24,36-40H,25-29H2/t36-,37-,38+,39+,40+/m1/s1. The van der Waals surface area contributed by atoms with Crippen molar-refractivity contribution in [3.05, 3.63) is 172 Å². The molecular weight excluding hydrogens is 656 g/mol. The van der Waals surface area contributed by atoms with Crippen molar-refractivity contribution in [3.63, 3.8) is 0 Å². The van der Waals surface area contributed by atoms with Gasteiger partial charge in [0.15, 0.2) is 0 Å². The van der Waals surface area contributed by atoms with Crippen LogP contribution in [0.5, 0.6) is 5.75 Å². The van der Waals surface area contributed by atoms with E-state index in [9.17, 15) is 0 Å². The fraction of sp³-hybridized carbons (Fsp3) is 0.250. The first kappa shape index (κ1) is 33.1. The molecule has 0 saturated carbocycles. The minimum absolute atomic E-state index is 0.269. The third-order valence-corrected chi connectivity index (χ3v) is 8.44. The van der Waals surface area contributed by atoms with Gasteiger partial charge < -0.3 is 28.4 Å². The third kappa shape index (κ3) is 9.84. The number of rotatable bonds is 15. The monoisotopic (exact) mass is 694 g/mol. The van der Waals surface area contributed by atoms with Crippen molar-refractivity contribution in [2.75, 3.05) is 6.61 Å². The zero-order valence-electron chi connectivity index (χ0n) is 26.1. The number of halogens is 1. The molecule has 0 spiro atoms. The van der Waals surface area contributed by atoms with Gasteiger partial charge in [-0.2, -0.15) is 0 Å². The first-order valence-electron chi connectivity index (χ1n) is 15.9. The van der Waals surface area contributed by atoms with Crippen LogP contribution in [-0.4, -0.2) is 37.3 Å². The second-order valence-corrected chi connectivity index (χ2v) is 12.3. The third-order valence-electron chi connectivity index (χ3n) is 7.91. The zero-order chi connectivity index (χ0) is 32.1. The van der Waals surface area contributed by atoms with E-state index in [1.54, 1.807) is 0 Å². The minimum atomic E-state index is -0.803. The minimum Gasteiger partial charge on any atom is -0.462 e. The Morgan fingerprint density at radius 2 is 0.894 bits per heavy atom. The van der Waals surface area contributed by atoms with Gasteiger partial charge in [-0.1, -0.05) is 137 Å². The van der Waals surface area contributed by atoms with Crippen LogP contribution in [0.3, 0.4) is 0 Å². The lowest BCUT2D eigenvalue weighted by Gasteiger charge is -2.45. The number of ether oxygens (including phenoxy) is 6. The van der Waals surface area contributed by atoms with E-state index in [-0.39, 0.29) is 6.61 Å². The second kappa shape index (κ2) is 17.4. The van der Waals surface area contributed by atoms with Crippen molar-refractivity contribution in [2.24, 2.45) is 0 Å². The smallest absolute Gasteiger partial charge is 0.229 e. The van der Waals surface area contributed by atoms with E-state index < -0.39 is 30.7 Å². The molecule has 6 rings (SSSR count). The predicted molar refractivity (Wildman–Crippen MR) is 185 cm³/mol. The maximum atomic E-state index is 6.78. The Hall–Kier alpha value is -3.82. The summed E-state index contributed by atoms with van der Waals surface area (Å²) >= 11 is 3.52. The maximum Gasteiger partial charge on any atom is 0.229 e. The van der Waals surface area contributed by atoms with Gasteiger partial charge in [0.2, 0.25) is 6.29 Å². The van der Waals surface area contributed by atoms with E-state index in [1.165, 1.54) is 0 Å². The Bertz CT molecular complexity index is 1590. The number of benzene rings is 5. The van der Waals surface area contributed by atoms with Gasteiger partial charge in [-0.15, -0.1) is 0 Å². The average Bonchev–Trinajstić information content (AvgIpc) is 3.12. The Labute approximate surface area is 285 Å². The first-order chi connectivity index (χ1) is 23.2. The molecule has 1 heterocycles. The van der Waals surface area contributed by atoms with Crippen LogP contribution in [0.2, 0.25) is 0 Å². The van der Waals surface area contributed by atoms with Crippen LogP contribution in [0.4, 0.5) is 0 Å². The molecule has 5 aromatic carbocycles. The lowest BCUT2D eigenvalue weighted by molar-refractivity contribution is -0.310. The van der Waals surface area contributed by atoms with Crippen LogP contribution in [0.25, 0.3) is 0 Å². The molecule has 1 aliphatic rings. The van der Waals surface area contributed by atoms with Crippen molar-refractivity contribution in [1.82, 2.24) is 0 Å². The average molecular weight is 696 g/mol. The lowest BCUT2D eigenvalue weighted by Crippen LogP contribution is -2.62. The molecule has 0 aliphatic carbocycles. The van der Waals surface area contributed by atoms with E-state index in [4.69, 9.17) is 28.4 Å². The molecule has 0 radical (unpaired) electrons. The summed E-state index contributed by atoms with van der Waals surface area (Å²) in [5, 5.41) is 0. The molecule has 0 aromatic heterocycles. The van der Waals surface area contributed by atoms with E-state index in [0.717, 1.165) is 26.7 Å². The molecule has 47 heavy (non-hydrogen) atoms. The quantitative estimate of drug-likeness (QED) is 0.110. The summed E-state index contributed by atoms with van der Waals surface area (Å²) in [4.78, 5) is 0. The van der Waals surface area contributed by atoms with Crippen LogP contribution >= 0.6 is 15.9 Å². The van der Waals surface area contributed by atoms with Crippen LogP contribution in [-0.2, 0) is 50.1 Å². The Balaban J connectivity index is 1.31. The maximum absolute atomic E-state index is 6.78. The SMILES string of the molecule is Brc1ccc(O[C@H]2O[C@H](COCc3ccccc3)[C@@H](OCc3ccccc3)[C@H](OCc3ccccc3)[C@@H]2OCc2ccccc2)cc1. The van der Waals surface area contributed by atoms with Crippen molar-refractivity contribution in [3.8, 4) is 5.75 Å². The molecule has 242 valence electrons. The molecule has 5 aromatic rings.